The van der Waals surface area contributed by atoms with E-state index in [9.17, 15) is 4.79 Å². The molecule has 152 valence electrons. The van der Waals surface area contributed by atoms with Gasteiger partial charge in [-0.25, -0.2) is 4.79 Å². The lowest BCUT2D eigenvalue weighted by molar-refractivity contribution is 0.0119. The van der Waals surface area contributed by atoms with Crippen LogP contribution in [0.25, 0.3) is 0 Å². The smallest absolute Gasteiger partial charge is 0.338 e. The number of carbonyl (C=O) groups is 1. The lowest BCUT2D eigenvalue weighted by Crippen LogP contribution is -2.45. The van der Waals surface area contributed by atoms with E-state index in [0.29, 0.717) is 22.8 Å². The molecule has 0 saturated carbocycles. The molecule has 0 radical (unpaired) electrons. The standard InChI is InChI=1S/C21H28N2O5/c1-7-21(23(2)3,16-8-10-22-11-9-16)14-28-20(24)15-12-17(25-4)19(27-6)18(13-15)26-5/h8-13H,7,14H2,1-6H3. The van der Waals surface area contributed by atoms with Gasteiger partial charge in [0.25, 0.3) is 0 Å². The third-order valence-corrected chi connectivity index (χ3v) is 5.00. The molecule has 1 heterocycles. The number of aromatic nitrogens is 1. The molecule has 28 heavy (non-hydrogen) atoms. The highest BCUT2D eigenvalue weighted by molar-refractivity contribution is 5.91. The fourth-order valence-corrected chi connectivity index (χ4v) is 3.22. The van der Waals surface area contributed by atoms with Gasteiger partial charge in [-0.3, -0.25) is 9.88 Å². The Hall–Kier alpha value is -2.80. The number of rotatable bonds is 9. The summed E-state index contributed by atoms with van der Waals surface area (Å²) in [6.45, 7) is 2.25. The van der Waals surface area contributed by atoms with Crippen molar-refractivity contribution in [2.45, 2.75) is 18.9 Å². The first kappa shape index (κ1) is 21.5. The van der Waals surface area contributed by atoms with Crippen LogP contribution < -0.4 is 14.2 Å². The van der Waals surface area contributed by atoms with Crippen LogP contribution in [0, 0.1) is 0 Å². The highest BCUT2D eigenvalue weighted by Crippen LogP contribution is 2.38. The normalized spacial score (nSPS) is 13.0. The molecule has 2 rings (SSSR count). The largest absolute Gasteiger partial charge is 0.493 e. The lowest BCUT2D eigenvalue weighted by atomic mass is 9.87. The molecule has 1 unspecified atom stereocenters. The van der Waals surface area contributed by atoms with E-state index >= 15 is 0 Å². The van der Waals surface area contributed by atoms with Crippen LogP contribution >= 0.6 is 0 Å². The van der Waals surface area contributed by atoms with Gasteiger partial charge in [-0.05, 0) is 50.3 Å². The summed E-state index contributed by atoms with van der Waals surface area (Å²) in [6.07, 6.45) is 4.24. The Balaban J connectivity index is 2.31. The molecule has 0 fully saturated rings. The quantitative estimate of drug-likeness (QED) is 0.611. The fourth-order valence-electron chi connectivity index (χ4n) is 3.22. The Morgan fingerprint density at radius 1 is 1.04 bits per heavy atom. The summed E-state index contributed by atoms with van der Waals surface area (Å²) in [5.41, 5.74) is 0.903. The van der Waals surface area contributed by atoms with E-state index in [4.69, 9.17) is 18.9 Å². The maximum Gasteiger partial charge on any atom is 0.338 e. The van der Waals surface area contributed by atoms with Crippen LogP contribution in [0.2, 0.25) is 0 Å². The number of carbonyl (C=O) groups excluding carboxylic acids is 1. The van der Waals surface area contributed by atoms with Crippen LogP contribution in [0.3, 0.4) is 0 Å². The van der Waals surface area contributed by atoms with E-state index in [-0.39, 0.29) is 6.61 Å². The van der Waals surface area contributed by atoms with Crippen LogP contribution in [-0.4, -0.2) is 57.9 Å². The van der Waals surface area contributed by atoms with Crippen LogP contribution in [0.5, 0.6) is 17.2 Å². The predicted octanol–water partition coefficient (Wildman–Crippen LogP) is 3.13. The van der Waals surface area contributed by atoms with Crippen molar-refractivity contribution in [2.75, 3.05) is 42.0 Å². The summed E-state index contributed by atoms with van der Waals surface area (Å²) in [5, 5.41) is 0. The predicted molar refractivity (Wildman–Crippen MR) is 106 cm³/mol. The maximum absolute atomic E-state index is 12.8. The molecule has 0 aliphatic heterocycles. The number of nitrogens with zero attached hydrogens (tertiary/aromatic N) is 2. The van der Waals surface area contributed by atoms with Gasteiger partial charge in [0.1, 0.15) is 6.61 Å². The van der Waals surface area contributed by atoms with Crippen molar-refractivity contribution in [1.29, 1.82) is 0 Å². The minimum absolute atomic E-state index is 0.190. The first-order valence-electron chi connectivity index (χ1n) is 8.98. The second-order valence-electron chi connectivity index (χ2n) is 6.51. The van der Waals surface area contributed by atoms with Crippen LogP contribution in [0.15, 0.2) is 36.7 Å². The van der Waals surface area contributed by atoms with Gasteiger partial charge in [0.2, 0.25) is 5.75 Å². The zero-order valence-corrected chi connectivity index (χ0v) is 17.3. The third-order valence-electron chi connectivity index (χ3n) is 5.00. The van der Waals surface area contributed by atoms with Crippen molar-refractivity contribution in [1.82, 2.24) is 9.88 Å². The zero-order chi connectivity index (χ0) is 20.7. The topological polar surface area (TPSA) is 70.1 Å². The monoisotopic (exact) mass is 388 g/mol. The van der Waals surface area contributed by atoms with E-state index in [1.54, 1.807) is 24.5 Å². The Morgan fingerprint density at radius 2 is 1.61 bits per heavy atom. The molecule has 0 saturated heterocycles. The van der Waals surface area contributed by atoms with Crippen molar-refractivity contribution >= 4 is 5.97 Å². The maximum atomic E-state index is 12.8. The number of esters is 1. The van der Waals surface area contributed by atoms with Gasteiger partial charge in [-0.1, -0.05) is 6.92 Å². The summed E-state index contributed by atoms with van der Waals surface area (Å²) in [7, 11) is 8.46. The molecule has 1 aromatic carbocycles. The van der Waals surface area contributed by atoms with Crippen LogP contribution in [-0.2, 0) is 10.3 Å². The van der Waals surface area contributed by atoms with Crippen molar-refractivity contribution in [3.05, 3.63) is 47.8 Å². The summed E-state index contributed by atoms with van der Waals surface area (Å²) >= 11 is 0. The molecule has 0 N–H and O–H groups in total. The van der Waals surface area contributed by atoms with Crippen molar-refractivity contribution in [3.63, 3.8) is 0 Å². The lowest BCUT2D eigenvalue weighted by Gasteiger charge is -2.39. The second-order valence-corrected chi connectivity index (χ2v) is 6.51. The summed E-state index contributed by atoms with van der Waals surface area (Å²) in [4.78, 5) is 18.9. The summed E-state index contributed by atoms with van der Waals surface area (Å²) in [6, 6.07) is 7.05. The van der Waals surface area contributed by atoms with Crippen LogP contribution in [0.1, 0.15) is 29.3 Å². The number of hydrogen-bond acceptors (Lipinski definition) is 7. The molecule has 1 atom stereocenters. The molecule has 1 aromatic heterocycles. The Morgan fingerprint density at radius 3 is 2.04 bits per heavy atom. The van der Waals surface area contributed by atoms with Gasteiger partial charge < -0.3 is 18.9 Å². The third kappa shape index (κ3) is 4.20. The highest BCUT2D eigenvalue weighted by Gasteiger charge is 2.35. The summed E-state index contributed by atoms with van der Waals surface area (Å²) in [5.74, 6) is 0.761. The molecule has 0 spiro atoms. The van der Waals surface area contributed by atoms with Crippen LogP contribution in [0.4, 0.5) is 0 Å². The average Bonchev–Trinajstić information content (AvgIpc) is 2.73. The van der Waals surface area contributed by atoms with Crippen molar-refractivity contribution in [3.8, 4) is 17.2 Å². The first-order valence-corrected chi connectivity index (χ1v) is 8.98. The number of hydrogen-bond donors (Lipinski definition) is 0. The number of pyridine rings is 1. The second kappa shape index (κ2) is 9.41. The minimum atomic E-state index is -0.465. The molecule has 2 aromatic rings. The van der Waals surface area contributed by atoms with Gasteiger partial charge in [0, 0.05) is 12.4 Å². The minimum Gasteiger partial charge on any atom is -0.493 e. The van der Waals surface area contributed by atoms with Gasteiger partial charge >= 0.3 is 5.97 Å². The van der Waals surface area contributed by atoms with Gasteiger partial charge in [-0.15, -0.1) is 0 Å². The van der Waals surface area contributed by atoms with E-state index in [0.717, 1.165) is 12.0 Å². The van der Waals surface area contributed by atoms with E-state index in [1.807, 2.05) is 26.2 Å². The molecule has 0 bridgehead atoms. The Bertz CT molecular complexity index is 770. The van der Waals surface area contributed by atoms with E-state index < -0.39 is 11.5 Å². The fraction of sp³-hybridized carbons (Fsp3) is 0.429. The molecule has 0 amide bonds. The first-order chi connectivity index (χ1) is 13.4. The van der Waals surface area contributed by atoms with Gasteiger partial charge in [0.15, 0.2) is 11.5 Å². The number of methoxy groups -OCH3 is 3. The molecular weight excluding hydrogens is 360 g/mol. The zero-order valence-electron chi connectivity index (χ0n) is 17.3. The van der Waals surface area contributed by atoms with E-state index in [2.05, 4.69) is 16.8 Å². The van der Waals surface area contributed by atoms with Gasteiger partial charge in [-0.2, -0.15) is 0 Å². The molecule has 7 nitrogen and oxygen atoms in total. The molecule has 7 heteroatoms. The molecule has 0 aliphatic carbocycles. The highest BCUT2D eigenvalue weighted by atomic mass is 16.5. The van der Waals surface area contributed by atoms with Crippen molar-refractivity contribution in [2.24, 2.45) is 0 Å². The van der Waals surface area contributed by atoms with Crippen molar-refractivity contribution < 1.29 is 23.7 Å². The number of ether oxygens (including phenoxy) is 4. The SMILES string of the molecule is CCC(COC(=O)c1cc(OC)c(OC)c(OC)c1)(c1ccncc1)N(C)C. The Kier molecular flexibility index (Phi) is 7.23. The van der Waals surface area contributed by atoms with E-state index in [1.165, 1.54) is 21.3 Å². The molecule has 0 aliphatic rings. The summed E-state index contributed by atoms with van der Waals surface area (Å²) < 4.78 is 21.7. The average molecular weight is 388 g/mol. The van der Waals surface area contributed by atoms with Gasteiger partial charge in [0.05, 0.1) is 32.4 Å². The number of likely N-dealkylation sites (N-methyl/N-ethyl adjacent to an activating group) is 1. The Labute approximate surface area is 166 Å². The number of benzene rings is 1. The molecular formula is C21H28N2O5.